The minimum Gasteiger partial charge on any atom is -0.388 e. The predicted molar refractivity (Wildman–Crippen MR) is 79.5 cm³/mol. The number of thiophene rings is 1. The molecule has 1 aliphatic rings. The minimum absolute atomic E-state index is 0.603. The van der Waals surface area contributed by atoms with Gasteiger partial charge >= 0.3 is 0 Å². The molecule has 18 heavy (non-hydrogen) atoms. The van der Waals surface area contributed by atoms with E-state index in [4.69, 9.17) is 0 Å². The van der Waals surface area contributed by atoms with Crippen LogP contribution in [0.15, 0.2) is 11.4 Å². The molecular weight excluding hydrogens is 242 g/mol. The zero-order chi connectivity index (χ0) is 13.0. The Bertz CT molecular complexity index is 366. The predicted octanol–water partition coefficient (Wildman–Crippen LogP) is 4.37. The number of anilines is 1. The Morgan fingerprint density at radius 2 is 2.11 bits per heavy atom. The summed E-state index contributed by atoms with van der Waals surface area (Å²) in [6, 6.07) is 2.27. The van der Waals surface area contributed by atoms with E-state index in [1.165, 1.54) is 42.7 Å². The number of aliphatic hydroxyl groups is 1. The van der Waals surface area contributed by atoms with Crippen LogP contribution in [-0.2, 0) is 0 Å². The zero-order valence-electron chi connectivity index (χ0n) is 11.5. The van der Waals surface area contributed by atoms with E-state index in [9.17, 15) is 5.11 Å². The van der Waals surface area contributed by atoms with Crippen molar-refractivity contribution in [3.05, 3.63) is 17.0 Å². The van der Waals surface area contributed by atoms with Gasteiger partial charge in [-0.2, -0.15) is 0 Å². The molecule has 1 heterocycles. The second kappa shape index (κ2) is 6.07. The van der Waals surface area contributed by atoms with Gasteiger partial charge in [0, 0.05) is 6.54 Å². The Morgan fingerprint density at radius 3 is 2.78 bits per heavy atom. The quantitative estimate of drug-likeness (QED) is 0.830. The summed E-state index contributed by atoms with van der Waals surface area (Å²) in [5.74, 6) is 0.735. The van der Waals surface area contributed by atoms with E-state index in [1.807, 2.05) is 13.8 Å². The molecule has 1 fully saturated rings. The van der Waals surface area contributed by atoms with Crippen molar-refractivity contribution < 1.29 is 5.11 Å². The summed E-state index contributed by atoms with van der Waals surface area (Å²) in [5.41, 5.74) is 0.875. The molecular formula is C15H25NOS. The molecule has 0 bridgehead atoms. The van der Waals surface area contributed by atoms with Gasteiger partial charge in [-0.1, -0.05) is 26.2 Å². The topological polar surface area (TPSA) is 32.3 Å². The molecule has 1 atom stereocenters. The summed E-state index contributed by atoms with van der Waals surface area (Å²) in [7, 11) is 0. The summed E-state index contributed by atoms with van der Waals surface area (Å²) >= 11 is 1.77. The smallest absolute Gasteiger partial charge is 0.0918 e. The van der Waals surface area contributed by atoms with Gasteiger partial charge in [0.2, 0.25) is 0 Å². The van der Waals surface area contributed by atoms with E-state index in [2.05, 4.69) is 16.8 Å². The van der Waals surface area contributed by atoms with Gasteiger partial charge in [-0.15, -0.1) is 11.3 Å². The molecule has 2 rings (SSSR count). The minimum atomic E-state index is -0.603. The molecule has 1 aromatic rings. The highest BCUT2D eigenvalue weighted by Crippen LogP contribution is 2.39. The zero-order valence-corrected chi connectivity index (χ0v) is 12.4. The van der Waals surface area contributed by atoms with Gasteiger partial charge in [-0.05, 0) is 49.1 Å². The third-order valence-electron chi connectivity index (χ3n) is 4.13. The van der Waals surface area contributed by atoms with E-state index in [-0.39, 0.29) is 0 Å². The SMILES string of the molecule is CCC(C)(O)CNc1sccc1C1CCCCC1. The maximum atomic E-state index is 10.1. The number of nitrogens with one attached hydrogen (secondary N) is 1. The largest absolute Gasteiger partial charge is 0.388 e. The van der Waals surface area contributed by atoms with E-state index < -0.39 is 5.60 Å². The molecule has 0 spiro atoms. The third kappa shape index (κ3) is 3.48. The van der Waals surface area contributed by atoms with Gasteiger partial charge in [0.25, 0.3) is 0 Å². The molecule has 0 radical (unpaired) electrons. The molecule has 2 nitrogen and oxygen atoms in total. The number of hydrogen-bond donors (Lipinski definition) is 2. The first-order valence-corrected chi connectivity index (χ1v) is 8.04. The first-order chi connectivity index (χ1) is 8.62. The molecule has 0 aromatic carbocycles. The average Bonchev–Trinajstić information content (AvgIpc) is 2.86. The Labute approximate surface area is 114 Å². The van der Waals surface area contributed by atoms with Crippen LogP contribution in [0.4, 0.5) is 5.00 Å². The lowest BCUT2D eigenvalue weighted by Crippen LogP contribution is -2.32. The van der Waals surface area contributed by atoms with E-state index in [1.54, 1.807) is 11.3 Å². The van der Waals surface area contributed by atoms with Crippen LogP contribution in [0.1, 0.15) is 63.9 Å². The molecule has 1 aromatic heterocycles. The summed E-state index contributed by atoms with van der Waals surface area (Å²) < 4.78 is 0. The Balaban J connectivity index is 1.99. The Kier molecular flexibility index (Phi) is 4.68. The summed E-state index contributed by atoms with van der Waals surface area (Å²) in [5, 5.41) is 17.0. The first-order valence-electron chi connectivity index (χ1n) is 7.16. The summed E-state index contributed by atoms with van der Waals surface area (Å²) in [4.78, 5) is 0. The maximum Gasteiger partial charge on any atom is 0.0918 e. The van der Waals surface area contributed by atoms with Gasteiger partial charge in [-0.25, -0.2) is 0 Å². The monoisotopic (exact) mass is 267 g/mol. The van der Waals surface area contributed by atoms with Crippen LogP contribution < -0.4 is 5.32 Å². The van der Waals surface area contributed by atoms with Crippen LogP contribution >= 0.6 is 11.3 Å². The van der Waals surface area contributed by atoms with Crippen LogP contribution in [0, 0.1) is 0 Å². The van der Waals surface area contributed by atoms with Crippen LogP contribution in [0.3, 0.4) is 0 Å². The van der Waals surface area contributed by atoms with Crippen LogP contribution in [0.5, 0.6) is 0 Å². The molecule has 0 aliphatic heterocycles. The molecule has 1 unspecified atom stereocenters. The Morgan fingerprint density at radius 1 is 1.39 bits per heavy atom. The first kappa shape index (κ1) is 13.9. The Hall–Kier alpha value is -0.540. The molecule has 0 amide bonds. The normalized spacial score (nSPS) is 20.6. The second-order valence-corrected chi connectivity index (χ2v) is 6.66. The van der Waals surface area contributed by atoms with E-state index >= 15 is 0 Å². The van der Waals surface area contributed by atoms with Crippen molar-refractivity contribution in [3.8, 4) is 0 Å². The lowest BCUT2D eigenvalue weighted by molar-refractivity contribution is 0.0698. The van der Waals surface area contributed by atoms with Gasteiger partial charge in [0.05, 0.1) is 10.6 Å². The lowest BCUT2D eigenvalue weighted by atomic mass is 9.85. The van der Waals surface area contributed by atoms with Crippen molar-refractivity contribution >= 4 is 16.3 Å². The molecule has 0 saturated heterocycles. The lowest BCUT2D eigenvalue weighted by Gasteiger charge is -2.25. The molecule has 2 N–H and O–H groups in total. The van der Waals surface area contributed by atoms with Crippen molar-refractivity contribution in [1.82, 2.24) is 0 Å². The van der Waals surface area contributed by atoms with Crippen molar-refractivity contribution in [2.45, 2.75) is 63.9 Å². The highest BCUT2D eigenvalue weighted by atomic mass is 32.1. The van der Waals surface area contributed by atoms with Crippen molar-refractivity contribution in [1.29, 1.82) is 0 Å². The molecule has 102 valence electrons. The molecule has 3 heteroatoms. The van der Waals surface area contributed by atoms with Crippen molar-refractivity contribution in [2.75, 3.05) is 11.9 Å². The summed E-state index contributed by atoms with van der Waals surface area (Å²) in [6.07, 6.45) is 7.57. The van der Waals surface area contributed by atoms with Crippen LogP contribution in [0.2, 0.25) is 0 Å². The highest BCUT2D eigenvalue weighted by molar-refractivity contribution is 7.14. The van der Waals surface area contributed by atoms with Crippen LogP contribution in [0.25, 0.3) is 0 Å². The van der Waals surface area contributed by atoms with Gasteiger partial charge in [0.15, 0.2) is 0 Å². The highest BCUT2D eigenvalue weighted by Gasteiger charge is 2.21. The second-order valence-electron chi connectivity index (χ2n) is 5.74. The number of hydrogen-bond acceptors (Lipinski definition) is 3. The average molecular weight is 267 g/mol. The fourth-order valence-electron chi connectivity index (χ4n) is 2.59. The van der Waals surface area contributed by atoms with Crippen molar-refractivity contribution in [3.63, 3.8) is 0 Å². The third-order valence-corrected chi connectivity index (χ3v) is 5.02. The maximum absolute atomic E-state index is 10.1. The van der Waals surface area contributed by atoms with Gasteiger partial charge < -0.3 is 10.4 Å². The van der Waals surface area contributed by atoms with E-state index in [0.29, 0.717) is 6.54 Å². The number of rotatable bonds is 5. The fourth-order valence-corrected chi connectivity index (χ4v) is 3.47. The summed E-state index contributed by atoms with van der Waals surface area (Å²) in [6.45, 7) is 4.57. The van der Waals surface area contributed by atoms with Gasteiger partial charge in [0.1, 0.15) is 0 Å². The van der Waals surface area contributed by atoms with Crippen molar-refractivity contribution in [2.24, 2.45) is 0 Å². The fraction of sp³-hybridized carbons (Fsp3) is 0.733. The van der Waals surface area contributed by atoms with E-state index in [0.717, 1.165) is 12.3 Å². The van der Waals surface area contributed by atoms with Crippen LogP contribution in [-0.4, -0.2) is 17.3 Å². The molecule has 1 saturated carbocycles. The standard InChI is InChI=1S/C15H25NOS/c1-3-15(2,17)11-16-14-13(9-10-18-14)12-7-5-4-6-8-12/h9-10,12,16-17H,3-8,11H2,1-2H3. The molecule has 1 aliphatic carbocycles. The van der Waals surface area contributed by atoms with Gasteiger partial charge in [-0.3, -0.25) is 0 Å².